The van der Waals surface area contributed by atoms with Crippen LogP contribution in [0.5, 0.6) is 0 Å². The maximum Gasteiger partial charge on any atom is 0.249 e. The molecule has 0 aliphatic carbocycles. The molecule has 0 saturated heterocycles. The Bertz CT molecular complexity index is 718. The number of carbonyl (C=O) groups excluding carboxylic acids is 1. The third-order valence-corrected chi connectivity index (χ3v) is 4.75. The standard InChI is InChI=1S/C13H14N2O3S2/c1-20(17,18)12-4-2-10(3-5-12)15-7-11-6-9(8-19-11)13(14)16/h2-6,8,15H,7H2,1H3,(H2,14,16). The minimum Gasteiger partial charge on any atom is -0.380 e. The van der Waals surface area contributed by atoms with E-state index < -0.39 is 15.7 Å². The molecule has 0 bridgehead atoms. The van der Waals surface area contributed by atoms with Crippen LogP contribution >= 0.6 is 11.3 Å². The molecule has 106 valence electrons. The average molecular weight is 310 g/mol. The number of nitrogens with one attached hydrogen (secondary N) is 1. The minimum absolute atomic E-state index is 0.287. The number of nitrogens with two attached hydrogens (primary N) is 1. The first kappa shape index (κ1) is 14.5. The van der Waals surface area contributed by atoms with E-state index in [2.05, 4.69) is 5.32 Å². The molecule has 5 nitrogen and oxygen atoms in total. The molecule has 7 heteroatoms. The smallest absolute Gasteiger partial charge is 0.249 e. The van der Waals surface area contributed by atoms with E-state index in [1.54, 1.807) is 35.7 Å². The Balaban J connectivity index is 2.02. The molecule has 1 aromatic heterocycles. The van der Waals surface area contributed by atoms with Crippen molar-refractivity contribution in [3.63, 3.8) is 0 Å². The Morgan fingerprint density at radius 3 is 2.45 bits per heavy atom. The van der Waals surface area contributed by atoms with Crippen LogP contribution in [0.25, 0.3) is 0 Å². The lowest BCUT2D eigenvalue weighted by Crippen LogP contribution is -2.09. The monoisotopic (exact) mass is 310 g/mol. The summed E-state index contributed by atoms with van der Waals surface area (Å²) in [5.41, 5.74) is 6.49. The van der Waals surface area contributed by atoms with Gasteiger partial charge in [0.1, 0.15) is 0 Å². The van der Waals surface area contributed by atoms with Crippen molar-refractivity contribution in [1.29, 1.82) is 0 Å². The third-order valence-electron chi connectivity index (χ3n) is 2.69. The summed E-state index contributed by atoms with van der Waals surface area (Å²) in [6, 6.07) is 8.27. The summed E-state index contributed by atoms with van der Waals surface area (Å²) >= 11 is 1.45. The van der Waals surface area contributed by atoms with Crippen LogP contribution in [0.15, 0.2) is 40.6 Å². The van der Waals surface area contributed by atoms with E-state index in [0.29, 0.717) is 12.1 Å². The Labute approximate surface area is 121 Å². The Morgan fingerprint density at radius 2 is 1.95 bits per heavy atom. The van der Waals surface area contributed by atoms with E-state index in [1.807, 2.05) is 0 Å². The molecule has 20 heavy (non-hydrogen) atoms. The fourth-order valence-corrected chi connectivity index (χ4v) is 3.06. The van der Waals surface area contributed by atoms with E-state index >= 15 is 0 Å². The van der Waals surface area contributed by atoms with Gasteiger partial charge in [-0.15, -0.1) is 11.3 Å². The summed E-state index contributed by atoms with van der Waals surface area (Å²) in [7, 11) is -3.17. The first-order chi connectivity index (χ1) is 9.36. The van der Waals surface area contributed by atoms with Crippen LogP contribution in [0.2, 0.25) is 0 Å². The molecule has 1 heterocycles. The number of hydrogen-bond donors (Lipinski definition) is 2. The van der Waals surface area contributed by atoms with Gasteiger partial charge in [-0.05, 0) is 30.3 Å². The van der Waals surface area contributed by atoms with Crippen LogP contribution in [0.4, 0.5) is 5.69 Å². The van der Waals surface area contributed by atoms with Gasteiger partial charge in [0.25, 0.3) is 0 Å². The number of primary amides is 1. The maximum atomic E-state index is 11.3. The summed E-state index contributed by atoms with van der Waals surface area (Å²) in [5, 5.41) is 4.87. The first-order valence-electron chi connectivity index (χ1n) is 5.77. The van der Waals surface area contributed by atoms with Gasteiger partial charge in [0.15, 0.2) is 9.84 Å². The number of sulfone groups is 1. The highest BCUT2D eigenvalue weighted by Gasteiger charge is 2.07. The molecule has 0 aliphatic rings. The van der Waals surface area contributed by atoms with Gasteiger partial charge in [-0.1, -0.05) is 0 Å². The molecule has 2 aromatic rings. The molecule has 0 fully saturated rings. The molecule has 0 atom stereocenters. The van der Waals surface area contributed by atoms with Gasteiger partial charge < -0.3 is 11.1 Å². The summed E-state index contributed by atoms with van der Waals surface area (Å²) in [6.07, 6.45) is 1.17. The van der Waals surface area contributed by atoms with Crippen molar-refractivity contribution in [2.24, 2.45) is 5.73 Å². The summed E-state index contributed by atoms with van der Waals surface area (Å²) in [6.45, 7) is 0.552. The van der Waals surface area contributed by atoms with Gasteiger partial charge in [-0.2, -0.15) is 0 Å². The van der Waals surface area contributed by atoms with Crippen LogP contribution in [0, 0.1) is 0 Å². The van der Waals surface area contributed by atoms with Crippen LogP contribution in [0.1, 0.15) is 15.2 Å². The molecular weight excluding hydrogens is 296 g/mol. The van der Waals surface area contributed by atoms with Crippen LogP contribution in [-0.2, 0) is 16.4 Å². The van der Waals surface area contributed by atoms with Crippen molar-refractivity contribution >= 4 is 32.8 Å². The summed E-state index contributed by atoms with van der Waals surface area (Å²) in [4.78, 5) is 12.2. The van der Waals surface area contributed by atoms with Gasteiger partial charge in [-0.3, -0.25) is 4.79 Å². The van der Waals surface area contributed by atoms with E-state index in [-0.39, 0.29) is 4.90 Å². The summed E-state index contributed by atoms with van der Waals surface area (Å²) in [5.74, 6) is -0.440. The normalized spacial score (nSPS) is 11.2. The molecular formula is C13H14N2O3S2. The molecule has 0 spiro atoms. The number of carbonyl (C=O) groups is 1. The number of hydrogen-bond acceptors (Lipinski definition) is 5. The number of rotatable bonds is 5. The highest BCUT2D eigenvalue weighted by Crippen LogP contribution is 2.18. The number of amides is 1. The van der Waals surface area contributed by atoms with E-state index in [4.69, 9.17) is 5.73 Å². The van der Waals surface area contributed by atoms with E-state index in [1.165, 1.54) is 17.6 Å². The molecule has 0 radical (unpaired) electrons. The second-order valence-corrected chi connectivity index (χ2v) is 7.33. The minimum atomic E-state index is -3.17. The average Bonchev–Trinajstić information content (AvgIpc) is 2.85. The van der Waals surface area contributed by atoms with Crippen LogP contribution in [-0.4, -0.2) is 20.6 Å². The zero-order chi connectivity index (χ0) is 14.8. The number of thiophene rings is 1. The number of benzene rings is 1. The van der Waals surface area contributed by atoms with Crippen LogP contribution in [0.3, 0.4) is 0 Å². The third kappa shape index (κ3) is 3.58. The van der Waals surface area contributed by atoms with Crippen molar-refractivity contribution in [1.82, 2.24) is 0 Å². The molecule has 0 aliphatic heterocycles. The highest BCUT2D eigenvalue weighted by molar-refractivity contribution is 7.90. The summed E-state index contributed by atoms with van der Waals surface area (Å²) < 4.78 is 22.7. The Morgan fingerprint density at radius 1 is 1.30 bits per heavy atom. The van der Waals surface area contributed by atoms with Gasteiger partial charge in [0.2, 0.25) is 5.91 Å². The highest BCUT2D eigenvalue weighted by atomic mass is 32.2. The van der Waals surface area contributed by atoms with Crippen molar-refractivity contribution < 1.29 is 13.2 Å². The lowest BCUT2D eigenvalue weighted by Gasteiger charge is -2.05. The molecule has 2 rings (SSSR count). The number of anilines is 1. The largest absolute Gasteiger partial charge is 0.380 e. The first-order valence-corrected chi connectivity index (χ1v) is 8.54. The molecule has 0 saturated carbocycles. The zero-order valence-electron chi connectivity index (χ0n) is 10.8. The van der Waals surface area contributed by atoms with E-state index in [9.17, 15) is 13.2 Å². The van der Waals surface area contributed by atoms with Crippen molar-refractivity contribution in [2.75, 3.05) is 11.6 Å². The van der Waals surface area contributed by atoms with Crippen molar-refractivity contribution in [3.8, 4) is 0 Å². The fourth-order valence-electron chi connectivity index (χ4n) is 1.61. The topological polar surface area (TPSA) is 89.3 Å². The molecule has 1 aromatic carbocycles. The predicted molar refractivity (Wildman–Crippen MR) is 79.7 cm³/mol. The Kier molecular flexibility index (Phi) is 4.10. The van der Waals surface area contributed by atoms with Crippen molar-refractivity contribution in [2.45, 2.75) is 11.4 Å². The zero-order valence-corrected chi connectivity index (χ0v) is 12.4. The maximum absolute atomic E-state index is 11.3. The second kappa shape index (κ2) is 5.64. The molecule has 3 N–H and O–H groups in total. The van der Waals surface area contributed by atoms with Crippen molar-refractivity contribution in [3.05, 3.63) is 46.2 Å². The van der Waals surface area contributed by atoms with Crippen LogP contribution < -0.4 is 11.1 Å². The Hall–Kier alpha value is -1.86. The lowest BCUT2D eigenvalue weighted by atomic mass is 10.3. The second-order valence-electron chi connectivity index (χ2n) is 4.32. The van der Waals surface area contributed by atoms with Gasteiger partial charge >= 0.3 is 0 Å². The fraction of sp³-hybridized carbons (Fsp3) is 0.154. The SMILES string of the molecule is CS(=O)(=O)c1ccc(NCc2cc(C(N)=O)cs2)cc1. The lowest BCUT2D eigenvalue weighted by molar-refractivity contribution is 0.100. The molecule has 0 unspecified atom stereocenters. The van der Waals surface area contributed by atoms with Gasteiger partial charge in [-0.25, -0.2) is 8.42 Å². The predicted octanol–water partition coefficient (Wildman–Crippen LogP) is 1.86. The van der Waals surface area contributed by atoms with Gasteiger partial charge in [0.05, 0.1) is 10.5 Å². The van der Waals surface area contributed by atoms with E-state index in [0.717, 1.165) is 10.6 Å². The van der Waals surface area contributed by atoms with Gasteiger partial charge in [0, 0.05) is 28.7 Å². The molecule has 1 amide bonds. The quantitative estimate of drug-likeness (QED) is 0.882.